The number of para-hydroxylation sites is 1. The van der Waals surface area contributed by atoms with Gasteiger partial charge in [0.1, 0.15) is 5.75 Å². The molecule has 3 rings (SSSR count). The molecule has 1 atom stereocenters. The van der Waals surface area contributed by atoms with Gasteiger partial charge in [-0.1, -0.05) is 18.2 Å². The monoisotopic (exact) mass is 372 g/mol. The predicted molar refractivity (Wildman–Crippen MR) is 102 cm³/mol. The number of hydrogen-bond acceptors (Lipinski definition) is 4. The Balaban J connectivity index is 0.00000144. The molecular formula is C17H26Cl2N4O. The minimum absolute atomic E-state index is 0. The molecule has 2 heterocycles. The number of nitrogens with one attached hydrogen (secondary N) is 1. The number of rotatable bonds is 5. The van der Waals surface area contributed by atoms with Crippen molar-refractivity contribution < 1.29 is 4.74 Å². The van der Waals surface area contributed by atoms with Gasteiger partial charge >= 0.3 is 0 Å². The third-order valence-electron chi connectivity index (χ3n) is 4.30. The van der Waals surface area contributed by atoms with E-state index in [1.165, 1.54) is 11.1 Å². The molecule has 134 valence electrons. The first kappa shape index (κ1) is 20.8. The molecule has 1 aliphatic heterocycles. The summed E-state index contributed by atoms with van der Waals surface area (Å²) in [6, 6.07) is 8.70. The van der Waals surface area contributed by atoms with Gasteiger partial charge in [0.2, 0.25) is 0 Å². The topological polar surface area (TPSA) is 42.3 Å². The van der Waals surface area contributed by atoms with Gasteiger partial charge in [-0.3, -0.25) is 9.58 Å². The van der Waals surface area contributed by atoms with Crippen LogP contribution in [0.5, 0.6) is 5.75 Å². The first-order chi connectivity index (χ1) is 10.8. The van der Waals surface area contributed by atoms with Gasteiger partial charge in [-0.15, -0.1) is 24.8 Å². The van der Waals surface area contributed by atoms with Crippen LogP contribution in [0.3, 0.4) is 0 Å². The number of aryl methyl sites for hydroxylation is 1. The Morgan fingerprint density at radius 1 is 1.29 bits per heavy atom. The lowest BCUT2D eigenvalue weighted by Crippen LogP contribution is -2.46. The first-order valence-electron chi connectivity index (χ1n) is 7.83. The standard InChI is InChI=1S/C17H24N4O.2ClH/c1-20-13-14(11-19-20)7-9-21-10-8-18-12-16(21)15-5-3-4-6-17(15)22-2;;/h3-6,11,13,16,18H,7-10,12H2,1-2H3;2*1H. The summed E-state index contributed by atoms with van der Waals surface area (Å²) in [5.74, 6) is 0.975. The third-order valence-corrected chi connectivity index (χ3v) is 4.30. The van der Waals surface area contributed by atoms with Gasteiger partial charge in [-0.2, -0.15) is 5.10 Å². The minimum Gasteiger partial charge on any atom is -0.496 e. The second-order valence-electron chi connectivity index (χ2n) is 5.77. The van der Waals surface area contributed by atoms with Gasteiger partial charge in [-0.05, 0) is 18.1 Å². The van der Waals surface area contributed by atoms with Crippen LogP contribution < -0.4 is 10.1 Å². The molecule has 0 radical (unpaired) electrons. The molecule has 0 saturated carbocycles. The summed E-state index contributed by atoms with van der Waals surface area (Å²) in [7, 11) is 3.71. The maximum absolute atomic E-state index is 5.55. The van der Waals surface area contributed by atoms with Crippen LogP contribution in [-0.2, 0) is 13.5 Å². The van der Waals surface area contributed by atoms with Crippen LogP contribution in [0, 0.1) is 0 Å². The summed E-state index contributed by atoms with van der Waals surface area (Å²) in [6.07, 6.45) is 5.08. The third kappa shape index (κ3) is 4.86. The number of ether oxygens (including phenoxy) is 1. The Morgan fingerprint density at radius 2 is 2.08 bits per heavy atom. The number of hydrogen-bond donors (Lipinski definition) is 1. The number of aromatic nitrogens is 2. The highest BCUT2D eigenvalue weighted by atomic mass is 35.5. The molecular weight excluding hydrogens is 347 g/mol. The SMILES string of the molecule is COc1ccccc1C1CNCCN1CCc1cnn(C)c1.Cl.Cl. The summed E-state index contributed by atoms with van der Waals surface area (Å²) in [6.45, 7) is 4.10. The van der Waals surface area contributed by atoms with Crippen LogP contribution in [-0.4, -0.2) is 48.0 Å². The number of methoxy groups -OCH3 is 1. The van der Waals surface area contributed by atoms with Crippen molar-refractivity contribution in [2.24, 2.45) is 7.05 Å². The van der Waals surface area contributed by atoms with Crippen molar-refractivity contribution in [3.8, 4) is 5.75 Å². The Bertz CT molecular complexity index is 620. The molecule has 1 aliphatic rings. The van der Waals surface area contributed by atoms with Crippen LogP contribution in [0.15, 0.2) is 36.7 Å². The van der Waals surface area contributed by atoms with E-state index in [4.69, 9.17) is 4.74 Å². The molecule has 0 spiro atoms. The average Bonchev–Trinajstić information content (AvgIpc) is 2.98. The number of nitrogens with zero attached hydrogens (tertiary/aromatic N) is 3. The fraction of sp³-hybridized carbons (Fsp3) is 0.471. The van der Waals surface area contributed by atoms with E-state index in [9.17, 15) is 0 Å². The molecule has 2 aromatic rings. The Labute approximate surface area is 156 Å². The zero-order valence-corrected chi connectivity index (χ0v) is 15.8. The smallest absolute Gasteiger partial charge is 0.123 e. The second-order valence-corrected chi connectivity index (χ2v) is 5.77. The van der Waals surface area contributed by atoms with Crippen molar-refractivity contribution in [3.05, 3.63) is 47.8 Å². The Morgan fingerprint density at radius 3 is 2.79 bits per heavy atom. The summed E-state index contributed by atoms with van der Waals surface area (Å²) in [4.78, 5) is 2.54. The molecule has 0 aliphatic carbocycles. The van der Waals surface area contributed by atoms with E-state index >= 15 is 0 Å². The first-order valence-corrected chi connectivity index (χ1v) is 7.83. The Hall–Kier alpha value is -1.27. The Kier molecular flexibility index (Phi) is 8.56. The number of piperazine rings is 1. The van der Waals surface area contributed by atoms with E-state index in [1.54, 1.807) is 7.11 Å². The lowest BCUT2D eigenvalue weighted by molar-refractivity contribution is 0.161. The lowest BCUT2D eigenvalue weighted by atomic mass is 10.0. The fourth-order valence-corrected chi connectivity index (χ4v) is 3.14. The van der Waals surface area contributed by atoms with E-state index in [1.807, 2.05) is 30.1 Å². The van der Waals surface area contributed by atoms with Crippen LogP contribution in [0.1, 0.15) is 17.2 Å². The van der Waals surface area contributed by atoms with Crippen LogP contribution in [0.25, 0.3) is 0 Å². The van der Waals surface area contributed by atoms with Gasteiger partial charge in [0.05, 0.1) is 19.3 Å². The van der Waals surface area contributed by atoms with E-state index < -0.39 is 0 Å². The van der Waals surface area contributed by atoms with Crippen LogP contribution in [0.4, 0.5) is 0 Å². The van der Waals surface area contributed by atoms with Crippen molar-refractivity contribution in [2.45, 2.75) is 12.5 Å². The zero-order chi connectivity index (χ0) is 15.4. The molecule has 0 bridgehead atoms. The van der Waals surface area contributed by atoms with Crippen molar-refractivity contribution >= 4 is 24.8 Å². The molecule has 0 amide bonds. The minimum atomic E-state index is 0. The molecule has 5 nitrogen and oxygen atoms in total. The summed E-state index contributed by atoms with van der Waals surface area (Å²) in [5, 5.41) is 7.75. The largest absolute Gasteiger partial charge is 0.496 e. The average molecular weight is 373 g/mol. The highest BCUT2D eigenvalue weighted by Crippen LogP contribution is 2.30. The fourth-order valence-electron chi connectivity index (χ4n) is 3.14. The van der Waals surface area contributed by atoms with Crippen LogP contribution in [0.2, 0.25) is 0 Å². The molecule has 1 aromatic heterocycles. The summed E-state index contributed by atoms with van der Waals surface area (Å²) in [5.41, 5.74) is 2.56. The molecule has 1 aromatic carbocycles. The van der Waals surface area contributed by atoms with Crippen molar-refractivity contribution in [3.63, 3.8) is 0 Å². The van der Waals surface area contributed by atoms with E-state index in [-0.39, 0.29) is 24.8 Å². The van der Waals surface area contributed by atoms with E-state index in [0.29, 0.717) is 6.04 Å². The van der Waals surface area contributed by atoms with Crippen LogP contribution >= 0.6 is 24.8 Å². The quantitative estimate of drug-likeness (QED) is 0.875. The molecule has 1 unspecified atom stereocenters. The molecule has 1 fully saturated rings. The highest BCUT2D eigenvalue weighted by molar-refractivity contribution is 5.85. The summed E-state index contributed by atoms with van der Waals surface area (Å²) >= 11 is 0. The second kappa shape index (κ2) is 9.89. The summed E-state index contributed by atoms with van der Waals surface area (Å²) < 4.78 is 7.41. The van der Waals surface area contributed by atoms with E-state index in [2.05, 4.69) is 33.6 Å². The molecule has 1 N–H and O–H groups in total. The molecule has 1 saturated heterocycles. The molecule has 7 heteroatoms. The molecule has 24 heavy (non-hydrogen) atoms. The van der Waals surface area contributed by atoms with Crippen molar-refractivity contribution in [1.29, 1.82) is 0 Å². The van der Waals surface area contributed by atoms with Crippen molar-refractivity contribution in [2.75, 3.05) is 33.3 Å². The zero-order valence-electron chi connectivity index (χ0n) is 14.1. The van der Waals surface area contributed by atoms with Gasteiger partial charge in [0.15, 0.2) is 0 Å². The van der Waals surface area contributed by atoms with Gasteiger partial charge in [-0.25, -0.2) is 0 Å². The normalized spacial score (nSPS) is 17.7. The highest BCUT2D eigenvalue weighted by Gasteiger charge is 2.25. The lowest BCUT2D eigenvalue weighted by Gasteiger charge is -2.37. The maximum Gasteiger partial charge on any atom is 0.123 e. The maximum atomic E-state index is 5.55. The van der Waals surface area contributed by atoms with Gasteiger partial charge < -0.3 is 10.1 Å². The van der Waals surface area contributed by atoms with Gasteiger partial charge in [0.25, 0.3) is 0 Å². The number of halogens is 2. The van der Waals surface area contributed by atoms with Crippen molar-refractivity contribution in [1.82, 2.24) is 20.0 Å². The van der Waals surface area contributed by atoms with Gasteiger partial charge in [0, 0.05) is 45.0 Å². The van der Waals surface area contributed by atoms with E-state index in [0.717, 1.165) is 38.3 Å². The predicted octanol–water partition coefficient (Wildman–Crippen LogP) is 2.46. The number of benzene rings is 1.